The van der Waals surface area contributed by atoms with E-state index in [0.29, 0.717) is 23.7 Å². The molecule has 0 saturated heterocycles. The first-order valence-corrected chi connectivity index (χ1v) is 13.3. The van der Waals surface area contributed by atoms with Gasteiger partial charge in [0.2, 0.25) is 0 Å². The number of hydrogen-bond acceptors (Lipinski definition) is 3. The van der Waals surface area contributed by atoms with Gasteiger partial charge in [-0.3, -0.25) is 9.98 Å². The van der Waals surface area contributed by atoms with Gasteiger partial charge in [0.25, 0.3) is 0 Å². The summed E-state index contributed by atoms with van der Waals surface area (Å²) in [6.07, 6.45) is 0. The second-order valence-corrected chi connectivity index (χ2v) is 11.0. The van der Waals surface area contributed by atoms with E-state index in [4.69, 9.17) is 15.0 Å². The average Bonchev–Trinajstić information content (AvgIpc) is 2.83. The molecule has 0 aliphatic heterocycles. The van der Waals surface area contributed by atoms with Crippen molar-refractivity contribution >= 4 is 35.2 Å². The Hall–Kier alpha value is -2.26. The van der Waals surface area contributed by atoms with E-state index in [0.717, 1.165) is 34.2 Å². The molecule has 0 unspecified atom stereocenters. The minimum absolute atomic E-state index is 0. The molecule has 0 N–H and O–H groups in total. The molecule has 1 heterocycles. The van der Waals surface area contributed by atoms with Gasteiger partial charge in [-0.2, -0.15) is 0 Å². The molecule has 1 aromatic heterocycles. The summed E-state index contributed by atoms with van der Waals surface area (Å²) in [5.74, 6) is 1.61. The van der Waals surface area contributed by atoms with E-state index < -0.39 is 0 Å². The maximum atomic E-state index is 5.15. The molecule has 3 rings (SSSR count). The number of nitrogens with zero attached hydrogens (tertiary/aromatic N) is 3. The fraction of sp³-hybridized carbons (Fsp3) is 0.424. The third kappa shape index (κ3) is 7.88. The summed E-state index contributed by atoms with van der Waals surface area (Å²) in [6.45, 7) is 22.0. The Kier molecular flexibility index (Phi) is 13.1. The molecule has 0 radical (unpaired) electrons. The molecule has 3 aromatic rings. The van der Waals surface area contributed by atoms with Crippen molar-refractivity contribution in [3.63, 3.8) is 0 Å². The number of aliphatic imine (C=N–C) groups is 2. The molecule has 0 spiro atoms. The van der Waals surface area contributed by atoms with Crippen LogP contribution in [-0.2, 0) is 17.1 Å². The van der Waals surface area contributed by atoms with Crippen LogP contribution in [0.2, 0.25) is 0 Å². The minimum Gasteiger partial charge on any atom is -0.251 e. The standard InChI is InChI=1S/C33H43N3.ClH.Fe/c1-20(2)26-14-11-15-27(21(3)4)32(26)34-24(9)30-18-13-19-31(36-30)25(10)35-33-28(22(5)6)16-12-17-29(33)23(7)8;;/h11-23H,1-10H3;1H;/b34-24+,35-25+;;. The SMILES string of the molecule is C/C(=N\c1c(C(C)C)cccc1C(C)C)c1cccc(/C(C)=N/c2c(C(C)C)cccc2C(C)C)n1.Cl.[Fe]. The quantitative estimate of drug-likeness (QED) is 0.195. The molecule has 38 heavy (non-hydrogen) atoms. The Morgan fingerprint density at radius 3 is 1.05 bits per heavy atom. The molecule has 0 bridgehead atoms. The molecule has 0 amide bonds. The van der Waals surface area contributed by atoms with Gasteiger partial charge in [0, 0.05) is 17.1 Å². The number of hydrogen-bond donors (Lipinski definition) is 0. The van der Waals surface area contributed by atoms with Crippen LogP contribution in [0.15, 0.2) is 64.6 Å². The summed E-state index contributed by atoms with van der Waals surface area (Å²) in [5.41, 5.74) is 10.9. The second kappa shape index (κ2) is 14.8. The number of halogens is 1. The molecule has 2 aromatic carbocycles. The van der Waals surface area contributed by atoms with Crippen molar-refractivity contribution in [2.24, 2.45) is 9.98 Å². The predicted molar refractivity (Wildman–Crippen MR) is 164 cm³/mol. The first-order chi connectivity index (χ1) is 17.0. The predicted octanol–water partition coefficient (Wildman–Crippen LogP) is 10.3. The first kappa shape index (κ1) is 33.8. The number of benzene rings is 2. The summed E-state index contributed by atoms with van der Waals surface area (Å²) in [6, 6.07) is 19.2. The Labute approximate surface area is 247 Å². The molecular weight excluding hydrogens is 530 g/mol. The Bertz CT molecular complexity index is 1130. The molecule has 206 valence electrons. The minimum atomic E-state index is 0. The van der Waals surface area contributed by atoms with E-state index >= 15 is 0 Å². The number of rotatable bonds is 8. The van der Waals surface area contributed by atoms with Crippen molar-refractivity contribution in [2.45, 2.75) is 92.9 Å². The number of pyridine rings is 1. The normalized spacial score (nSPS) is 12.3. The van der Waals surface area contributed by atoms with Gasteiger partial charge in [0.15, 0.2) is 0 Å². The zero-order valence-electron chi connectivity index (χ0n) is 24.6. The van der Waals surface area contributed by atoms with E-state index in [1.807, 2.05) is 12.1 Å². The third-order valence-electron chi connectivity index (χ3n) is 6.73. The van der Waals surface area contributed by atoms with Crippen molar-refractivity contribution in [3.05, 3.63) is 88.2 Å². The Morgan fingerprint density at radius 1 is 0.526 bits per heavy atom. The smallest absolute Gasteiger partial charge is 0.0849 e. The van der Waals surface area contributed by atoms with Crippen LogP contribution < -0.4 is 0 Å². The van der Waals surface area contributed by atoms with E-state index in [-0.39, 0.29) is 29.5 Å². The summed E-state index contributed by atoms with van der Waals surface area (Å²) in [5, 5.41) is 0. The molecule has 0 atom stereocenters. The van der Waals surface area contributed by atoms with Crippen LogP contribution in [0.5, 0.6) is 0 Å². The molecule has 0 aliphatic rings. The van der Waals surface area contributed by atoms with Crippen LogP contribution in [0.1, 0.15) is 127 Å². The van der Waals surface area contributed by atoms with Crippen LogP contribution in [0.25, 0.3) is 0 Å². The average molecular weight is 574 g/mol. The van der Waals surface area contributed by atoms with Crippen LogP contribution in [0.4, 0.5) is 11.4 Å². The van der Waals surface area contributed by atoms with Gasteiger partial charge in [-0.05, 0) is 71.9 Å². The second-order valence-electron chi connectivity index (χ2n) is 11.0. The Morgan fingerprint density at radius 2 is 0.789 bits per heavy atom. The monoisotopic (exact) mass is 573 g/mol. The zero-order chi connectivity index (χ0) is 26.6. The molecule has 0 saturated carbocycles. The van der Waals surface area contributed by atoms with Crippen molar-refractivity contribution in [3.8, 4) is 0 Å². The molecule has 0 aliphatic carbocycles. The summed E-state index contributed by atoms with van der Waals surface area (Å²) in [7, 11) is 0. The Balaban J connectivity index is 0.00000361. The van der Waals surface area contributed by atoms with Crippen molar-refractivity contribution in [1.29, 1.82) is 0 Å². The van der Waals surface area contributed by atoms with Gasteiger partial charge in [0.05, 0.1) is 34.2 Å². The summed E-state index contributed by atoms with van der Waals surface area (Å²) < 4.78 is 0. The number of para-hydroxylation sites is 2. The first-order valence-electron chi connectivity index (χ1n) is 13.3. The molecular formula is C33H44ClFeN3. The fourth-order valence-corrected chi connectivity index (χ4v) is 4.57. The van der Waals surface area contributed by atoms with Crippen molar-refractivity contribution in [2.75, 3.05) is 0 Å². The van der Waals surface area contributed by atoms with Gasteiger partial charge in [-0.15, -0.1) is 12.4 Å². The molecule has 0 fully saturated rings. The summed E-state index contributed by atoms with van der Waals surface area (Å²) in [4.78, 5) is 15.3. The van der Waals surface area contributed by atoms with E-state index in [2.05, 4.69) is 112 Å². The zero-order valence-corrected chi connectivity index (χ0v) is 26.5. The third-order valence-corrected chi connectivity index (χ3v) is 6.73. The maximum absolute atomic E-state index is 5.15. The van der Waals surface area contributed by atoms with Gasteiger partial charge in [-0.1, -0.05) is 97.9 Å². The largest absolute Gasteiger partial charge is 0.251 e. The van der Waals surface area contributed by atoms with Gasteiger partial charge in [-0.25, -0.2) is 4.98 Å². The van der Waals surface area contributed by atoms with Crippen LogP contribution in [-0.4, -0.2) is 16.4 Å². The maximum Gasteiger partial charge on any atom is 0.0849 e. The van der Waals surface area contributed by atoms with E-state index in [1.165, 1.54) is 22.3 Å². The summed E-state index contributed by atoms with van der Waals surface area (Å²) >= 11 is 0. The van der Waals surface area contributed by atoms with Crippen LogP contribution in [0.3, 0.4) is 0 Å². The van der Waals surface area contributed by atoms with Gasteiger partial charge in [0.1, 0.15) is 0 Å². The molecule has 3 nitrogen and oxygen atoms in total. The molecule has 5 heteroatoms. The van der Waals surface area contributed by atoms with E-state index in [1.54, 1.807) is 0 Å². The van der Waals surface area contributed by atoms with Crippen molar-refractivity contribution in [1.82, 2.24) is 4.98 Å². The van der Waals surface area contributed by atoms with Crippen molar-refractivity contribution < 1.29 is 17.1 Å². The van der Waals surface area contributed by atoms with Gasteiger partial charge >= 0.3 is 0 Å². The van der Waals surface area contributed by atoms with Crippen LogP contribution >= 0.6 is 12.4 Å². The van der Waals surface area contributed by atoms with Gasteiger partial charge < -0.3 is 0 Å². The topological polar surface area (TPSA) is 37.6 Å². The van der Waals surface area contributed by atoms with Crippen LogP contribution in [0, 0.1) is 0 Å². The van der Waals surface area contributed by atoms with E-state index in [9.17, 15) is 0 Å². The fourth-order valence-electron chi connectivity index (χ4n) is 4.57. The number of aromatic nitrogens is 1.